The predicted octanol–water partition coefficient (Wildman–Crippen LogP) is 1.74. The minimum absolute atomic E-state index is 0.170. The Morgan fingerprint density at radius 2 is 1.60 bits per heavy atom. The van der Waals surface area contributed by atoms with Crippen LogP contribution < -0.4 is 0 Å². The van der Waals surface area contributed by atoms with Crippen LogP contribution in [0.25, 0.3) is 0 Å². The van der Waals surface area contributed by atoms with Gasteiger partial charge in [-0.05, 0) is 6.92 Å². The van der Waals surface area contributed by atoms with Crippen molar-refractivity contribution >= 4 is 0 Å². The average molecular weight is 142 g/mol. The summed E-state index contributed by atoms with van der Waals surface area (Å²) in [6.07, 6.45) is 3.21. The molecular formula is C8H14O2. The first-order chi connectivity index (χ1) is 4.81. The van der Waals surface area contributed by atoms with Gasteiger partial charge in [0, 0.05) is 0 Å². The smallest absolute Gasteiger partial charge is 0.155 e. The van der Waals surface area contributed by atoms with Crippen LogP contribution in [-0.2, 0) is 9.47 Å². The van der Waals surface area contributed by atoms with Gasteiger partial charge in [-0.15, -0.1) is 13.2 Å². The first kappa shape index (κ1) is 9.40. The van der Waals surface area contributed by atoms with Crippen molar-refractivity contribution in [2.75, 3.05) is 13.2 Å². The molecule has 10 heavy (non-hydrogen) atoms. The number of ether oxygens (including phenoxy) is 2. The molecule has 0 atom stereocenters. The van der Waals surface area contributed by atoms with Crippen molar-refractivity contribution in [3.05, 3.63) is 25.3 Å². The van der Waals surface area contributed by atoms with Crippen molar-refractivity contribution in [3.63, 3.8) is 0 Å². The van der Waals surface area contributed by atoms with E-state index >= 15 is 0 Å². The first-order valence-electron chi connectivity index (χ1n) is 3.26. The molecule has 0 aliphatic heterocycles. The van der Waals surface area contributed by atoms with Gasteiger partial charge in [-0.1, -0.05) is 12.2 Å². The molecule has 0 N–H and O–H groups in total. The van der Waals surface area contributed by atoms with Crippen LogP contribution in [0.2, 0.25) is 0 Å². The van der Waals surface area contributed by atoms with Gasteiger partial charge in [-0.25, -0.2) is 0 Å². The highest BCUT2D eigenvalue weighted by Gasteiger charge is 1.96. The van der Waals surface area contributed by atoms with E-state index in [-0.39, 0.29) is 6.29 Å². The summed E-state index contributed by atoms with van der Waals surface area (Å²) < 4.78 is 10.2. The summed E-state index contributed by atoms with van der Waals surface area (Å²) in [6, 6.07) is 0. The molecule has 0 fully saturated rings. The summed E-state index contributed by atoms with van der Waals surface area (Å²) in [6.45, 7) is 9.92. The van der Waals surface area contributed by atoms with E-state index in [1.807, 2.05) is 6.92 Å². The second-order valence-electron chi connectivity index (χ2n) is 1.81. The molecule has 0 heterocycles. The highest BCUT2D eigenvalue weighted by atomic mass is 16.7. The highest BCUT2D eigenvalue weighted by molar-refractivity contribution is 4.65. The Balaban J connectivity index is 3.15. The molecule has 0 radical (unpaired) electrons. The van der Waals surface area contributed by atoms with Gasteiger partial charge >= 0.3 is 0 Å². The minimum Gasteiger partial charge on any atom is -0.349 e. The van der Waals surface area contributed by atoms with Crippen LogP contribution in [0.15, 0.2) is 25.3 Å². The molecule has 0 bridgehead atoms. The van der Waals surface area contributed by atoms with E-state index in [0.29, 0.717) is 13.2 Å². The lowest BCUT2D eigenvalue weighted by atomic mass is 10.6. The van der Waals surface area contributed by atoms with Crippen LogP contribution in [0.4, 0.5) is 0 Å². The van der Waals surface area contributed by atoms with Gasteiger partial charge in [0.25, 0.3) is 0 Å². The molecule has 0 aromatic heterocycles. The largest absolute Gasteiger partial charge is 0.349 e. The van der Waals surface area contributed by atoms with E-state index in [9.17, 15) is 0 Å². The zero-order chi connectivity index (χ0) is 7.82. The number of hydrogen-bond donors (Lipinski definition) is 0. The van der Waals surface area contributed by atoms with E-state index < -0.39 is 0 Å². The Morgan fingerprint density at radius 1 is 1.20 bits per heavy atom. The molecule has 58 valence electrons. The number of rotatable bonds is 6. The third-order valence-electron chi connectivity index (χ3n) is 0.898. The minimum atomic E-state index is -0.170. The SMILES string of the molecule is C=CCOC(C)OCC=C. The molecular weight excluding hydrogens is 128 g/mol. The molecule has 0 aliphatic rings. The molecule has 2 heteroatoms. The maximum Gasteiger partial charge on any atom is 0.155 e. The summed E-state index contributed by atoms with van der Waals surface area (Å²) in [5, 5.41) is 0. The maximum atomic E-state index is 5.11. The zero-order valence-electron chi connectivity index (χ0n) is 6.38. The van der Waals surface area contributed by atoms with Crippen LogP contribution in [-0.4, -0.2) is 19.5 Å². The Hall–Kier alpha value is -0.600. The zero-order valence-corrected chi connectivity index (χ0v) is 6.38. The van der Waals surface area contributed by atoms with Crippen molar-refractivity contribution < 1.29 is 9.47 Å². The van der Waals surface area contributed by atoms with Crippen molar-refractivity contribution in [1.82, 2.24) is 0 Å². The highest BCUT2D eigenvalue weighted by Crippen LogP contribution is 1.92. The van der Waals surface area contributed by atoms with Crippen LogP contribution in [0.1, 0.15) is 6.92 Å². The van der Waals surface area contributed by atoms with Crippen LogP contribution in [0.5, 0.6) is 0 Å². The van der Waals surface area contributed by atoms with E-state index in [2.05, 4.69) is 13.2 Å². The molecule has 0 aromatic carbocycles. The van der Waals surface area contributed by atoms with E-state index in [4.69, 9.17) is 9.47 Å². The molecule has 0 saturated carbocycles. The Bertz CT molecular complexity index is 87.4. The van der Waals surface area contributed by atoms with Gasteiger partial charge in [-0.2, -0.15) is 0 Å². The Kier molecular flexibility index (Phi) is 6.13. The monoisotopic (exact) mass is 142 g/mol. The third-order valence-corrected chi connectivity index (χ3v) is 0.898. The van der Waals surface area contributed by atoms with Crippen LogP contribution in [0, 0.1) is 0 Å². The quantitative estimate of drug-likeness (QED) is 0.415. The van der Waals surface area contributed by atoms with Gasteiger partial charge in [0.2, 0.25) is 0 Å². The summed E-state index contributed by atoms with van der Waals surface area (Å²) in [5.74, 6) is 0. The second-order valence-corrected chi connectivity index (χ2v) is 1.81. The van der Waals surface area contributed by atoms with Crippen molar-refractivity contribution in [3.8, 4) is 0 Å². The van der Waals surface area contributed by atoms with Crippen molar-refractivity contribution in [2.24, 2.45) is 0 Å². The van der Waals surface area contributed by atoms with E-state index in [1.165, 1.54) is 0 Å². The molecule has 0 saturated heterocycles. The second kappa shape index (κ2) is 6.52. The molecule has 0 spiro atoms. The van der Waals surface area contributed by atoms with Crippen LogP contribution in [0.3, 0.4) is 0 Å². The molecule has 0 aromatic rings. The van der Waals surface area contributed by atoms with Gasteiger partial charge in [0.1, 0.15) is 0 Å². The fourth-order valence-electron chi connectivity index (χ4n) is 0.455. The topological polar surface area (TPSA) is 18.5 Å². The lowest BCUT2D eigenvalue weighted by Crippen LogP contribution is -2.12. The van der Waals surface area contributed by atoms with Gasteiger partial charge < -0.3 is 9.47 Å². The number of hydrogen-bond acceptors (Lipinski definition) is 2. The van der Waals surface area contributed by atoms with E-state index in [1.54, 1.807) is 12.2 Å². The fourth-order valence-corrected chi connectivity index (χ4v) is 0.455. The molecule has 0 amide bonds. The molecule has 0 rings (SSSR count). The van der Waals surface area contributed by atoms with Gasteiger partial charge in [0.05, 0.1) is 13.2 Å². The van der Waals surface area contributed by atoms with Crippen molar-refractivity contribution in [1.29, 1.82) is 0 Å². The van der Waals surface area contributed by atoms with Crippen molar-refractivity contribution in [2.45, 2.75) is 13.2 Å². The fraction of sp³-hybridized carbons (Fsp3) is 0.500. The van der Waals surface area contributed by atoms with Gasteiger partial charge in [0.15, 0.2) is 6.29 Å². The first-order valence-corrected chi connectivity index (χ1v) is 3.26. The average Bonchev–Trinajstić information content (AvgIpc) is 1.97. The van der Waals surface area contributed by atoms with Gasteiger partial charge in [-0.3, -0.25) is 0 Å². The molecule has 0 aliphatic carbocycles. The summed E-state index contributed by atoms with van der Waals surface area (Å²) in [4.78, 5) is 0. The molecule has 0 unspecified atom stereocenters. The maximum absolute atomic E-state index is 5.11. The summed E-state index contributed by atoms with van der Waals surface area (Å²) in [7, 11) is 0. The summed E-state index contributed by atoms with van der Waals surface area (Å²) >= 11 is 0. The van der Waals surface area contributed by atoms with Crippen LogP contribution >= 0.6 is 0 Å². The predicted molar refractivity (Wildman–Crippen MR) is 41.8 cm³/mol. The van der Waals surface area contributed by atoms with E-state index in [0.717, 1.165) is 0 Å². The summed E-state index contributed by atoms with van der Waals surface area (Å²) in [5.41, 5.74) is 0. The lowest BCUT2D eigenvalue weighted by Gasteiger charge is -2.10. The normalized spacial score (nSPS) is 9.80. The Labute approximate surface area is 62.1 Å². The third kappa shape index (κ3) is 5.54. The lowest BCUT2D eigenvalue weighted by molar-refractivity contribution is -0.113. The standard InChI is InChI=1S/C8H14O2/c1-4-6-9-8(3)10-7-5-2/h4-5,8H,1-2,6-7H2,3H3. The Morgan fingerprint density at radius 3 is 1.90 bits per heavy atom. The molecule has 2 nitrogen and oxygen atoms in total.